The van der Waals surface area contributed by atoms with Crippen molar-refractivity contribution >= 4 is 32.4 Å². The molecule has 3 aromatic rings. The average Bonchev–Trinajstić information content (AvgIpc) is 2.79. The Bertz CT molecular complexity index is 724. The van der Waals surface area contributed by atoms with Crippen LogP contribution in [0.25, 0.3) is 10.2 Å². The molecule has 19 heavy (non-hydrogen) atoms. The van der Waals surface area contributed by atoms with E-state index in [0.717, 1.165) is 32.3 Å². The molecule has 0 aliphatic heterocycles. The van der Waals surface area contributed by atoms with Gasteiger partial charge in [-0.15, -0.1) is 0 Å². The Morgan fingerprint density at radius 2 is 2.11 bits per heavy atom. The Morgan fingerprint density at radius 3 is 2.89 bits per heavy atom. The van der Waals surface area contributed by atoms with Crippen molar-refractivity contribution in [1.82, 2.24) is 9.97 Å². The number of anilines is 2. The molecule has 0 saturated heterocycles. The molecule has 0 aliphatic rings. The van der Waals surface area contributed by atoms with E-state index in [4.69, 9.17) is 4.74 Å². The minimum Gasteiger partial charge on any atom is -0.497 e. The number of benzene rings is 1. The van der Waals surface area contributed by atoms with Gasteiger partial charge in [-0.25, -0.2) is 4.98 Å². The summed E-state index contributed by atoms with van der Waals surface area (Å²) in [6.07, 6.45) is 3.62. The van der Waals surface area contributed by atoms with Gasteiger partial charge in [-0.3, -0.25) is 4.98 Å². The van der Waals surface area contributed by atoms with Gasteiger partial charge in [0.2, 0.25) is 0 Å². The molecule has 5 heteroatoms. The SMILES string of the molecule is COc1ccc2nc(Nc3cncc(C)c3)sc2c1. The fraction of sp³-hybridized carbons (Fsp3) is 0.143. The van der Waals surface area contributed by atoms with E-state index in [1.807, 2.05) is 37.4 Å². The number of pyridine rings is 1. The van der Waals surface area contributed by atoms with Gasteiger partial charge in [-0.1, -0.05) is 11.3 Å². The van der Waals surface area contributed by atoms with Crippen molar-refractivity contribution in [2.24, 2.45) is 0 Å². The van der Waals surface area contributed by atoms with Crippen LogP contribution in [0.5, 0.6) is 5.75 Å². The molecule has 1 aromatic carbocycles. The lowest BCUT2D eigenvalue weighted by atomic mass is 10.3. The molecule has 0 spiro atoms. The van der Waals surface area contributed by atoms with Crippen molar-refractivity contribution < 1.29 is 4.74 Å². The summed E-state index contributed by atoms with van der Waals surface area (Å²) >= 11 is 1.60. The number of nitrogens with one attached hydrogen (secondary N) is 1. The van der Waals surface area contributed by atoms with Crippen LogP contribution in [0.1, 0.15) is 5.56 Å². The van der Waals surface area contributed by atoms with Crippen LogP contribution in [0.2, 0.25) is 0 Å². The predicted molar refractivity (Wildman–Crippen MR) is 78.4 cm³/mol. The van der Waals surface area contributed by atoms with Crippen LogP contribution < -0.4 is 10.1 Å². The van der Waals surface area contributed by atoms with E-state index in [1.54, 1.807) is 24.6 Å². The second kappa shape index (κ2) is 4.85. The van der Waals surface area contributed by atoms with Gasteiger partial charge in [-0.2, -0.15) is 0 Å². The molecule has 96 valence electrons. The smallest absolute Gasteiger partial charge is 0.188 e. The maximum absolute atomic E-state index is 5.21. The number of thiazole rings is 1. The quantitative estimate of drug-likeness (QED) is 0.788. The topological polar surface area (TPSA) is 47.0 Å². The highest BCUT2D eigenvalue weighted by atomic mass is 32.1. The molecule has 0 amide bonds. The van der Waals surface area contributed by atoms with E-state index in [1.165, 1.54) is 0 Å². The molecule has 0 aliphatic carbocycles. The lowest BCUT2D eigenvalue weighted by Crippen LogP contribution is -1.90. The van der Waals surface area contributed by atoms with Crippen molar-refractivity contribution in [2.75, 3.05) is 12.4 Å². The fourth-order valence-electron chi connectivity index (χ4n) is 1.83. The van der Waals surface area contributed by atoms with Gasteiger partial charge in [0.05, 0.1) is 29.2 Å². The van der Waals surface area contributed by atoms with Gasteiger partial charge in [0.25, 0.3) is 0 Å². The molecule has 2 heterocycles. The van der Waals surface area contributed by atoms with Crippen LogP contribution in [0.4, 0.5) is 10.8 Å². The largest absolute Gasteiger partial charge is 0.497 e. The molecule has 3 rings (SSSR count). The average molecular weight is 271 g/mol. The summed E-state index contributed by atoms with van der Waals surface area (Å²) in [5.41, 5.74) is 3.03. The van der Waals surface area contributed by atoms with Gasteiger partial charge < -0.3 is 10.1 Å². The number of fused-ring (bicyclic) bond motifs is 1. The van der Waals surface area contributed by atoms with Crippen molar-refractivity contribution in [1.29, 1.82) is 0 Å². The molecule has 0 radical (unpaired) electrons. The van der Waals surface area contributed by atoms with Crippen molar-refractivity contribution in [3.05, 3.63) is 42.2 Å². The molecule has 0 unspecified atom stereocenters. The summed E-state index contributed by atoms with van der Waals surface area (Å²) in [6.45, 7) is 2.02. The highest BCUT2D eigenvalue weighted by molar-refractivity contribution is 7.22. The maximum atomic E-state index is 5.21. The van der Waals surface area contributed by atoms with Gasteiger partial charge in [0.15, 0.2) is 5.13 Å². The van der Waals surface area contributed by atoms with Crippen molar-refractivity contribution in [3.63, 3.8) is 0 Å². The summed E-state index contributed by atoms with van der Waals surface area (Å²) in [7, 11) is 1.67. The predicted octanol–water partition coefficient (Wildman–Crippen LogP) is 3.75. The molecule has 0 bridgehead atoms. The third kappa shape index (κ3) is 2.51. The van der Waals surface area contributed by atoms with E-state index < -0.39 is 0 Å². The van der Waals surface area contributed by atoms with Crippen LogP contribution in [0, 0.1) is 6.92 Å². The number of methoxy groups -OCH3 is 1. The van der Waals surface area contributed by atoms with E-state index >= 15 is 0 Å². The summed E-state index contributed by atoms with van der Waals surface area (Å²) in [5.74, 6) is 0.847. The van der Waals surface area contributed by atoms with E-state index in [9.17, 15) is 0 Å². The molecule has 1 N–H and O–H groups in total. The van der Waals surface area contributed by atoms with E-state index in [2.05, 4.69) is 15.3 Å². The highest BCUT2D eigenvalue weighted by Gasteiger charge is 2.05. The second-order valence-corrected chi connectivity index (χ2v) is 5.26. The van der Waals surface area contributed by atoms with Crippen LogP contribution >= 0.6 is 11.3 Å². The molecule has 2 aromatic heterocycles. The standard InChI is InChI=1S/C14H13N3OS/c1-9-5-10(8-15-7-9)16-14-17-12-4-3-11(18-2)6-13(12)19-14/h3-8H,1-2H3,(H,16,17). The second-order valence-electron chi connectivity index (χ2n) is 4.23. The first-order valence-electron chi connectivity index (χ1n) is 5.88. The third-order valence-corrected chi connectivity index (χ3v) is 3.66. The molecule has 0 fully saturated rings. The Labute approximate surface area is 115 Å². The lowest BCUT2D eigenvalue weighted by Gasteiger charge is -2.01. The first-order chi connectivity index (χ1) is 9.24. The van der Waals surface area contributed by atoms with Gasteiger partial charge in [-0.05, 0) is 36.8 Å². The Hall–Kier alpha value is -2.14. The summed E-state index contributed by atoms with van der Waals surface area (Å²) in [5, 5.41) is 4.13. The summed E-state index contributed by atoms with van der Waals surface area (Å²) in [6, 6.07) is 7.91. The van der Waals surface area contributed by atoms with Gasteiger partial charge in [0.1, 0.15) is 5.75 Å². The number of aromatic nitrogens is 2. The van der Waals surface area contributed by atoms with E-state index in [0.29, 0.717) is 0 Å². The van der Waals surface area contributed by atoms with Gasteiger partial charge >= 0.3 is 0 Å². The van der Waals surface area contributed by atoms with Crippen molar-refractivity contribution in [3.8, 4) is 5.75 Å². The summed E-state index contributed by atoms with van der Waals surface area (Å²) < 4.78 is 6.31. The van der Waals surface area contributed by atoms with E-state index in [-0.39, 0.29) is 0 Å². The number of rotatable bonds is 3. The third-order valence-electron chi connectivity index (χ3n) is 2.72. The molecule has 0 atom stereocenters. The minimum atomic E-state index is 0.847. The number of nitrogens with zero attached hydrogens (tertiary/aromatic N) is 2. The van der Waals surface area contributed by atoms with Crippen LogP contribution in [0.3, 0.4) is 0 Å². The molecule has 4 nitrogen and oxygen atoms in total. The van der Waals surface area contributed by atoms with Gasteiger partial charge in [0, 0.05) is 6.20 Å². The number of hydrogen-bond acceptors (Lipinski definition) is 5. The number of aryl methyl sites for hydroxylation is 1. The fourth-order valence-corrected chi connectivity index (χ4v) is 2.75. The molecular weight excluding hydrogens is 258 g/mol. The Balaban J connectivity index is 1.93. The first-order valence-corrected chi connectivity index (χ1v) is 6.69. The first kappa shape index (κ1) is 11.9. The van der Waals surface area contributed by atoms with Crippen LogP contribution in [-0.4, -0.2) is 17.1 Å². The molecule has 0 saturated carbocycles. The van der Waals surface area contributed by atoms with Crippen LogP contribution in [0.15, 0.2) is 36.7 Å². The number of hydrogen-bond donors (Lipinski definition) is 1. The van der Waals surface area contributed by atoms with Crippen molar-refractivity contribution in [2.45, 2.75) is 6.92 Å². The van der Waals surface area contributed by atoms with Crippen LogP contribution in [-0.2, 0) is 0 Å². The zero-order valence-electron chi connectivity index (χ0n) is 10.7. The minimum absolute atomic E-state index is 0.847. The Kier molecular flexibility index (Phi) is 3.05. The Morgan fingerprint density at radius 1 is 1.21 bits per heavy atom. The normalized spacial score (nSPS) is 10.6. The maximum Gasteiger partial charge on any atom is 0.188 e. The monoisotopic (exact) mass is 271 g/mol. The molecular formula is C14H13N3OS. The zero-order chi connectivity index (χ0) is 13.2. The lowest BCUT2D eigenvalue weighted by molar-refractivity contribution is 0.415. The highest BCUT2D eigenvalue weighted by Crippen LogP contribution is 2.30. The summed E-state index contributed by atoms with van der Waals surface area (Å²) in [4.78, 5) is 8.69. The zero-order valence-corrected chi connectivity index (χ0v) is 11.5. The number of ether oxygens (including phenoxy) is 1.